The summed E-state index contributed by atoms with van der Waals surface area (Å²) in [6.45, 7) is 6.02. The van der Waals surface area contributed by atoms with Crippen LogP contribution in [0.5, 0.6) is 0 Å². The first-order valence-electron chi connectivity index (χ1n) is 8.58. The minimum Gasteiger partial charge on any atom is -0.478 e. The zero-order chi connectivity index (χ0) is 20.5. The first kappa shape index (κ1) is 19.1. The van der Waals surface area contributed by atoms with E-state index in [0.717, 1.165) is 5.69 Å². The van der Waals surface area contributed by atoms with Gasteiger partial charge >= 0.3 is 5.97 Å². The highest BCUT2D eigenvalue weighted by molar-refractivity contribution is 5.88. The molecule has 0 unspecified atom stereocenters. The van der Waals surface area contributed by atoms with Gasteiger partial charge in [0.25, 0.3) is 11.1 Å². The van der Waals surface area contributed by atoms with Crippen molar-refractivity contribution in [3.8, 4) is 0 Å². The van der Waals surface area contributed by atoms with Crippen molar-refractivity contribution in [1.29, 1.82) is 0 Å². The van der Waals surface area contributed by atoms with Gasteiger partial charge in [0.15, 0.2) is 0 Å². The summed E-state index contributed by atoms with van der Waals surface area (Å²) in [5, 5.41) is 9.17. The maximum absolute atomic E-state index is 12.4. The van der Waals surface area contributed by atoms with E-state index >= 15 is 0 Å². The first-order chi connectivity index (χ1) is 13.1. The van der Waals surface area contributed by atoms with Crippen LogP contribution in [0.3, 0.4) is 0 Å². The Hall–Kier alpha value is -3.68. The summed E-state index contributed by atoms with van der Waals surface area (Å²) in [5.74, 6) is -1.07. The van der Waals surface area contributed by atoms with E-state index in [1.807, 2.05) is 20.8 Å². The maximum Gasteiger partial charge on any atom is 0.335 e. The lowest BCUT2D eigenvalue weighted by atomic mass is 9.90. The van der Waals surface area contributed by atoms with E-state index in [4.69, 9.17) is 5.11 Å². The van der Waals surface area contributed by atoms with Crippen LogP contribution in [-0.4, -0.2) is 31.0 Å². The first-order valence-corrected chi connectivity index (χ1v) is 8.58. The summed E-state index contributed by atoms with van der Waals surface area (Å²) >= 11 is 0. The number of hydrogen-bond acceptors (Lipinski definition) is 4. The Morgan fingerprint density at radius 1 is 1.07 bits per heavy atom. The Morgan fingerprint density at radius 3 is 2.32 bits per heavy atom. The molecule has 0 amide bonds. The van der Waals surface area contributed by atoms with Gasteiger partial charge in [0.1, 0.15) is 10.7 Å². The second-order valence-electron chi connectivity index (χ2n) is 7.37. The van der Waals surface area contributed by atoms with E-state index in [9.17, 15) is 14.4 Å². The normalized spacial score (nSPS) is 13.1. The van der Waals surface area contributed by atoms with Crippen molar-refractivity contribution in [2.75, 3.05) is 0 Å². The zero-order valence-corrected chi connectivity index (χ0v) is 15.7. The number of rotatable bonds is 3. The Bertz CT molecular complexity index is 1270. The number of benzene rings is 1. The Kier molecular flexibility index (Phi) is 4.87. The molecule has 2 heterocycles. The minimum atomic E-state index is -1.07. The predicted octanol–water partition coefficient (Wildman–Crippen LogP) is 0.440. The Morgan fingerprint density at radius 2 is 1.71 bits per heavy atom. The predicted molar refractivity (Wildman–Crippen MR) is 105 cm³/mol. The Labute approximate surface area is 159 Å². The fraction of sp³-hybridized carbons (Fsp3) is 0.200. The van der Waals surface area contributed by atoms with Crippen molar-refractivity contribution >= 4 is 18.1 Å². The molecule has 0 bridgehead atoms. The highest BCUT2D eigenvalue weighted by Gasteiger charge is 2.19. The molecule has 8 nitrogen and oxygen atoms in total. The van der Waals surface area contributed by atoms with Gasteiger partial charge in [-0.2, -0.15) is 0 Å². The number of aromatic nitrogens is 4. The molecule has 28 heavy (non-hydrogen) atoms. The third kappa shape index (κ3) is 4.01. The molecule has 4 N–H and O–H groups in total. The second-order valence-corrected chi connectivity index (χ2v) is 7.37. The van der Waals surface area contributed by atoms with Gasteiger partial charge in [0.2, 0.25) is 0 Å². The molecule has 0 saturated carbocycles. The van der Waals surface area contributed by atoms with Crippen LogP contribution in [0.15, 0.2) is 40.2 Å². The van der Waals surface area contributed by atoms with Crippen LogP contribution in [-0.2, 0) is 5.41 Å². The Balaban J connectivity index is 2.12. The number of carboxylic acid groups (broad SMARTS) is 1. The maximum atomic E-state index is 12.4. The SMILES string of the molecule is CC(C)(C)c1[nH]cnc1/C=c1\[nH]c(=O)/c(=C/c2cccc(C(=O)O)c2)[nH]c1=O. The average molecular weight is 380 g/mol. The van der Waals surface area contributed by atoms with Crippen LogP contribution in [0.4, 0.5) is 0 Å². The van der Waals surface area contributed by atoms with Gasteiger partial charge in [-0.1, -0.05) is 32.9 Å². The largest absolute Gasteiger partial charge is 0.478 e. The van der Waals surface area contributed by atoms with Gasteiger partial charge in [0, 0.05) is 11.1 Å². The molecule has 3 aromatic rings. The van der Waals surface area contributed by atoms with E-state index in [1.165, 1.54) is 30.6 Å². The van der Waals surface area contributed by atoms with Crippen LogP contribution in [0, 0.1) is 0 Å². The van der Waals surface area contributed by atoms with E-state index in [1.54, 1.807) is 12.1 Å². The lowest BCUT2D eigenvalue weighted by Gasteiger charge is -2.16. The van der Waals surface area contributed by atoms with E-state index < -0.39 is 17.1 Å². The third-order valence-corrected chi connectivity index (χ3v) is 4.13. The molecule has 1 aromatic carbocycles. The number of carbonyl (C=O) groups is 1. The summed E-state index contributed by atoms with van der Waals surface area (Å²) in [6, 6.07) is 6.07. The summed E-state index contributed by atoms with van der Waals surface area (Å²) in [4.78, 5) is 48.3. The number of aromatic amines is 3. The van der Waals surface area contributed by atoms with Crippen LogP contribution < -0.4 is 21.8 Å². The number of carboxylic acids is 1. The van der Waals surface area contributed by atoms with E-state index in [2.05, 4.69) is 19.9 Å². The molecule has 2 aromatic heterocycles. The quantitative estimate of drug-likeness (QED) is 0.523. The van der Waals surface area contributed by atoms with Crippen LogP contribution in [0.2, 0.25) is 0 Å². The topological polar surface area (TPSA) is 132 Å². The van der Waals surface area contributed by atoms with Crippen molar-refractivity contribution in [2.45, 2.75) is 26.2 Å². The standard InChI is InChI=1S/C20H20N4O4/c1-20(2,3)16-13(21-10-22-16)9-15-18(26)23-14(17(25)24-15)8-11-5-4-6-12(7-11)19(27)28/h4-10H,1-3H3,(H,21,22)(H,23,26)(H,24,25)(H,27,28)/b14-8-,15-9-. The molecule has 144 valence electrons. The van der Waals surface area contributed by atoms with Crippen LogP contribution in [0.25, 0.3) is 12.2 Å². The molecule has 0 atom stereocenters. The number of aromatic carboxylic acids is 1. The third-order valence-electron chi connectivity index (χ3n) is 4.13. The number of nitrogens with one attached hydrogen (secondary N) is 3. The van der Waals surface area contributed by atoms with Gasteiger partial charge < -0.3 is 20.1 Å². The summed E-state index contributed by atoms with van der Waals surface area (Å²) in [6.07, 6.45) is 4.48. The molecule has 0 aliphatic carbocycles. The van der Waals surface area contributed by atoms with Crippen molar-refractivity contribution < 1.29 is 9.90 Å². The summed E-state index contributed by atoms with van der Waals surface area (Å²) in [5.41, 5.74) is 0.792. The molecule has 0 spiro atoms. The fourth-order valence-corrected chi connectivity index (χ4v) is 2.78. The number of hydrogen-bond donors (Lipinski definition) is 4. The zero-order valence-electron chi connectivity index (χ0n) is 15.7. The number of H-pyrrole nitrogens is 3. The number of nitrogens with zero attached hydrogens (tertiary/aromatic N) is 1. The highest BCUT2D eigenvalue weighted by Crippen LogP contribution is 2.22. The van der Waals surface area contributed by atoms with Gasteiger partial charge in [-0.25, -0.2) is 9.78 Å². The lowest BCUT2D eigenvalue weighted by molar-refractivity contribution is 0.0697. The molecule has 0 radical (unpaired) electrons. The molecule has 8 heteroatoms. The molecular formula is C20H20N4O4. The smallest absolute Gasteiger partial charge is 0.335 e. The summed E-state index contributed by atoms with van der Waals surface area (Å²) in [7, 11) is 0. The van der Waals surface area contributed by atoms with Gasteiger partial charge in [-0.15, -0.1) is 0 Å². The highest BCUT2D eigenvalue weighted by atomic mass is 16.4. The van der Waals surface area contributed by atoms with Crippen LogP contribution >= 0.6 is 0 Å². The molecule has 0 aliphatic heterocycles. The van der Waals surface area contributed by atoms with Crippen molar-refractivity contribution in [3.63, 3.8) is 0 Å². The van der Waals surface area contributed by atoms with Gasteiger partial charge in [-0.05, 0) is 29.8 Å². The molecule has 0 fully saturated rings. The van der Waals surface area contributed by atoms with Crippen molar-refractivity contribution in [2.24, 2.45) is 0 Å². The van der Waals surface area contributed by atoms with Gasteiger partial charge in [0.05, 0.1) is 17.6 Å². The summed E-state index contributed by atoms with van der Waals surface area (Å²) < 4.78 is 0. The van der Waals surface area contributed by atoms with Gasteiger partial charge in [-0.3, -0.25) is 9.59 Å². The van der Waals surface area contributed by atoms with E-state index in [-0.39, 0.29) is 21.7 Å². The van der Waals surface area contributed by atoms with Crippen molar-refractivity contribution in [3.05, 3.63) is 84.5 Å². The second kappa shape index (κ2) is 7.15. The average Bonchev–Trinajstić information content (AvgIpc) is 3.08. The van der Waals surface area contributed by atoms with Crippen molar-refractivity contribution in [1.82, 2.24) is 19.9 Å². The fourth-order valence-electron chi connectivity index (χ4n) is 2.78. The minimum absolute atomic E-state index is 0.0303. The van der Waals surface area contributed by atoms with Crippen LogP contribution in [0.1, 0.15) is 48.1 Å². The van der Waals surface area contributed by atoms with E-state index in [0.29, 0.717) is 11.3 Å². The molecule has 0 saturated heterocycles. The number of imidazole rings is 1. The molecular weight excluding hydrogens is 360 g/mol. The molecule has 0 aliphatic rings. The lowest BCUT2D eigenvalue weighted by Crippen LogP contribution is -2.46. The monoisotopic (exact) mass is 380 g/mol. The molecule has 3 rings (SSSR count).